The average Bonchev–Trinajstić information content (AvgIpc) is 3.02. The lowest BCUT2D eigenvalue weighted by atomic mass is 10.1. The Bertz CT molecular complexity index is 859. The Morgan fingerprint density at radius 3 is 2.57 bits per heavy atom. The fraction of sp³-hybridized carbons (Fsp3) is 0. The standard InChI is InChI=1S/C16H12BrN3O3/c17-10-3-1-9(2-4-10)12-8-14(20-19-12)16(23)18-13-7-11(21)5-6-15(13)22/h1-8,21-22H,(H,18,23)(H,19,20). The van der Waals surface area contributed by atoms with Gasteiger partial charge in [-0.05, 0) is 30.3 Å². The third-order valence-corrected chi connectivity index (χ3v) is 3.72. The molecular formula is C16H12BrN3O3. The largest absolute Gasteiger partial charge is 0.508 e. The number of halogens is 1. The Hall–Kier alpha value is -2.80. The van der Waals surface area contributed by atoms with Crippen LogP contribution in [0.25, 0.3) is 11.3 Å². The molecule has 23 heavy (non-hydrogen) atoms. The first-order valence-corrected chi connectivity index (χ1v) is 7.47. The van der Waals surface area contributed by atoms with E-state index in [9.17, 15) is 15.0 Å². The number of amides is 1. The minimum atomic E-state index is -0.471. The van der Waals surface area contributed by atoms with Gasteiger partial charge in [0.05, 0.1) is 11.4 Å². The molecule has 0 aliphatic carbocycles. The summed E-state index contributed by atoms with van der Waals surface area (Å²) in [5.41, 5.74) is 1.85. The lowest BCUT2D eigenvalue weighted by Gasteiger charge is -2.06. The minimum absolute atomic E-state index is 0.0572. The summed E-state index contributed by atoms with van der Waals surface area (Å²) in [7, 11) is 0. The highest BCUT2D eigenvalue weighted by molar-refractivity contribution is 9.10. The summed E-state index contributed by atoms with van der Waals surface area (Å²) in [5, 5.41) is 28.4. The fourth-order valence-electron chi connectivity index (χ4n) is 2.02. The second-order valence-corrected chi connectivity index (χ2v) is 5.75. The molecule has 0 unspecified atom stereocenters. The number of benzene rings is 2. The summed E-state index contributed by atoms with van der Waals surface area (Å²) in [6.45, 7) is 0. The molecule has 7 heteroatoms. The SMILES string of the molecule is O=C(Nc1cc(O)ccc1O)c1cc(-c2ccc(Br)cc2)n[nH]1. The summed E-state index contributed by atoms with van der Waals surface area (Å²) >= 11 is 3.36. The molecule has 3 aromatic rings. The lowest BCUT2D eigenvalue weighted by Crippen LogP contribution is -2.12. The number of carbonyl (C=O) groups excluding carboxylic acids is 1. The predicted molar refractivity (Wildman–Crippen MR) is 89.4 cm³/mol. The van der Waals surface area contributed by atoms with Crippen LogP contribution in [0.15, 0.2) is 53.0 Å². The topological polar surface area (TPSA) is 98.2 Å². The Morgan fingerprint density at radius 1 is 1.09 bits per heavy atom. The molecule has 1 amide bonds. The number of rotatable bonds is 3. The van der Waals surface area contributed by atoms with Crippen molar-refractivity contribution in [2.24, 2.45) is 0 Å². The number of hydrogen-bond donors (Lipinski definition) is 4. The van der Waals surface area contributed by atoms with E-state index in [0.717, 1.165) is 10.0 Å². The third-order valence-electron chi connectivity index (χ3n) is 3.19. The quantitative estimate of drug-likeness (QED) is 0.417. The Labute approximate surface area is 139 Å². The molecule has 1 heterocycles. The Balaban J connectivity index is 1.81. The van der Waals surface area contributed by atoms with Crippen LogP contribution < -0.4 is 5.32 Å². The average molecular weight is 374 g/mol. The molecule has 0 bridgehead atoms. The third kappa shape index (κ3) is 3.35. The second-order valence-electron chi connectivity index (χ2n) is 4.83. The molecule has 0 aliphatic rings. The normalized spacial score (nSPS) is 10.5. The van der Waals surface area contributed by atoms with Gasteiger partial charge in [-0.2, -0.15) is 5.10 Å². The minimum Gasteiger partial charge on any atom is -0.508 e. The van der Waals surface area contributed by atoms with Gasteiger partial charge in [-0.1, -0.05) is 28.1 Å². The van der Waals surface area contributed by atoms with Crippen LogP contribution in [0.1, 0.15) is 10.5 Å². The van der Waals surface area contributed by atoms with Crippen molar-refractivity contribution in [3.05, 3.63) is 58.7 Å². The number of phenolic OH excluding ortho intramolecular Hbond substituents is 2. The van der Waals surface area contributed by atoms with Gasteiger partial charge in [0.15, 0.2) is 0 Å². The number of aromatic amines is 1. The highest BCUT2D eigenvalue weighted by atomic mass is 79.9. The van der Waals surface area contributed by atoms with E-state index in [1.165, 1.54) is 18.2 Å². The van der Waals surface area contributed by atoms with E-state index in [4.69, 9.17) is 0 Å². The summed E-state index contributed by atoms with van der Waals surface area (Å²) in [5.74, 6) is -0.663. The summed E-state index contributed by atoms with van der Waals surface area (Å²) in [6, 6.07) is 13.0. The van der Waals surface area contributed by atoms with E-state index < -0.39 is 5.91 Å². The second kappa shape index (κ2) is 6.13. The van der Waals surface area contributed by atoms with Crippen molar-refractivity contribution in [3.63, 3.8) is 0 Å². The van der Waals surface area contributed by atoms with Crippen LogP contribution in [0.4, 0.5) is 5.69 Å². The first-order chi connectivity index (χ1) is 11.0. The lowest BCUT2D eigenvalue weighted by molar-refractivity contribution is 0.102. The molecule has 4 N–H and O–H groups in total. The smallest absolute Gasteiger partial charge is 0.273 e. The van der Waals surface area contributed by atoms with Crippen molar-refractivity contribution in [2.45, 2.75) is 0 Å². The zero-order valence-electron chi connectivity index (χ0n) is 11.7. The van der Waals surface area contributed by atoms with E-state index in [2.05, 4.69) is 31.4 Å². The molecule has 0 aliphatic heterocycles. The number of nitrogens with one attached hydrogen (secondary N) is 2. The van der Waals surface area contributed by atoms with Gasteiger partial charge >= 0.3 is 0 Å². The van der Waals surface area contributed by atoms with Gasteiger partial charge in [0.25, 0.3) is 5.91 Å². The Morgan fingerprint density at radius 2 is 1.83 bits per heavy atom. The molecule has 0 saturated heterocycles. The highest BCUT2D eigenvalue weighted by Gasteiger charge is 2.13. The number of phenols is 2. The summed E-state index contributed by atoms with van der Waals surface area (Å²) in [4.78, 5) is 12.2. The maximum absolute atomic E-state index is 12.2. The van der Waals surface area contributed by atoms with Crippen LogP contribution in [0.5, 0.6) is 11.5 Å². The number of anilines is 1. The monoisotopic (exact) mass is 373 g/mol. The number of aromatic hydroxyl groups is 2. The maximum Gasteiger partial charge on any atom is 0.273 e. The Kier molecular flexibility index (Phi) is 4.03. The molecule has 3 rings (SSSR count). The van der Waals surface area contributed by atoms with Crippen LogP contribution in [-0.2, 0) is 0 Å². The van der Waals surface area contributed by atoms with Gasteiger partial charge in [-0.15, -0.1) is 0 Å². The first kappa shape index (κ1) is 15.1. The first-order valence-electron chi connectivity index (χ1n) is 6.67. The zero-order valence-corrected chi connectivity index (χ0v) is 13.3. The molecule has 1 aromatic heterocycles. The van der Waals surface area contributed by atoms with Crippen LogP contribution in [-0.4, -0.2) is 26.3 Å². The molecule has 0 saturated carbocycles. The van der Waals surface area contributed by atoms with E-state index in [0.29, 0.717) is 5.69 Å². The van der Waals surface area contributed by atoms with Crippen LogP contribution >= 0.6 is 15.9 Å². The van der Waals surface area contributed by atoms with Crippen molar-refractivity contribution in [1.82, 2.24) is 10.2 Å². The summed E-state index contributed by atoms with van der Waals surface area (Å²) < 4.78 is 0.953. The van der Waals surface area contributed by atoms with Gasteiger partial charge < -0.3 is 15.5 Å². The van der Waals surface area contributed by atoms with Crippen molar-refractivity contribution < 1.29 is 15.0 Å². The van der Waals surface area contributed by atoms with Gasteiger partial charge in [-0.25, -0.2) is 0 Å². The van der Waals surface area contributed by atoms with Crippen molar-refractivity contribution >= 4 is 27.5 Å². The van der Waals surface area contributed by atoms with Gasteiger partial charge in [0, 0.05) is 16.1 Å². The van der Waals surface area contributed by atoms with Crippen molar-refractivity contribution in [2.75, 3.05) is 5.32 Å². The maximum atomic E-state index is 12.2. The molecule has 0 fully saturated rings. The molecule has 6 nitrogen and oxygen atoms in total. The molecule has 116 valence electrons. The van der Waals surface area contributed by atoms with Gasteiger partial charge in [0.1, 0.15) is 17.2 Å². The number of nitrogens with zero attached hydrogens (tertiary/aromatic N) is 1. The number of carbonyl (C=O) groups is 1. The molecular weight excluding hydrogens is 362 g/mol. The summed E-state index contributed by atoms with van der Waals surface area (Å²) in [6.07, 6.45) is 0. The molecule has 2 aromatic carbocycles. The van der Waals surface area contributed by atoms with Crippen molar-refractivity contribution in [1.29, 1.82) is 0 Å². The molecule has 0 spiro atoms. The van der Waals surface area contributed by atoms with E-state index in [-0.39, 0.29) is 22.9 Å². The van der Waals surface area contributed by atoms with Gasteiger partial charge in [-0.3, -0.25) is 9.89 Å². The predicted octanol–water partition coefficient (Wildman–Crippen LogP) is 3.50. The van der Waals surface area contributed by atoms with E-state index in [1.54, 1.807) is 6.07 Å². The van der Waals surface area contributed by atoms with E-state index >= 15 is 0 Å². The van der Waals surface area contributed by atoms with Crippen LogP contribution in [0.3, 0.4) is 0 Å². The van der Waals surface area contributed by atoms with E-state index in [1.807, 2.05) is 24.3 Å². The molecule has 0 radical (unpaired) electrons. The molecule has 0 atom stereocenters. The number of H-pyrrole nitrogens is 1. The van der Waals surface area contributed by atoms with Crippen molar-refractivity contribution in [3.8, 4) is 22.8 Å². The number of hydrogen-bond acceptors (Lipinski definition) is 4. The van der Waals surface area contributed by atoms with Crippen LogP contribution in [0, 0.1) is 0 Å². The van der Waals surface area contributed by atoms with Crippen LogP contribution in [0.2, 0.25) is 0 Å². The number of aromatic nitrogens is 2. The van der Waals surface area contributed by atoms with Gasteiger partial charge in [0.2, 0.25) is 0 Å². The zero-order chi connectivity index (χ0) is 16.4. The highest BCUT2D eigenvalue weighted by Crippen LogP contribution is 2.28. The fourth-order valence-corrected chi connectivity index (χ4v) is 2.28.